The highest BCUT2D eigenvalue weighted by atomic mass is 16.5. The fourth-order valence-corrected chi connectivity index (χ4v) is 5.32. The highest BCUT2D eigenvalue weighted by molar-refractivity contribution is 5.86. The summed E-state index contributed by atoms with van der Waals surface area (Å²) < 4.78 is 5.32. The summed E-state index contributed by atoms with van der Waals surface area (Å²) >= 11 is 0. The number of carbonyl (C=O) groups is 1. The molecule has 1 fully saturated rings. The van der Waals surface area contributed by atoms with E-state index >= 15 is 0 Å². The molecule has 188 valence electrons. The molecule has 0 spiro atoms. The third kappa shape index (κ3) is 6.33. The first kappa shape index (κ1) is 25.9. The van der Waals surface area contributed by atoms with Gasteiger partial charge in [-0.05, 0) is 83.5 Å². The third-order valence-electron chi connectivity index (χ3n) is 7.40. The van der Waals surface area contributed by atoms with Crippen LogP contribution in [0, 0.1) is 6.92 Å². The van der Waals surface area contributed by atoms with E-state index in [1.54, 1.807) is 6.92 Å². The number of esters is 1. The summed E-state index contributed by atoms with van der Waals surface area (Å²) in [5, 5.41) is 9.49. The molecule has 1 saturated carbocycles. The van der Waals surface area contributed by atoms with Crippen LogP contribution in [0.15, 0.2) is 72.8 Å². The molecule has 0 unspecified atom stereocenters. The molecule has 1 aliphatic carbocycles. The lowest BCUT2D eigenvalue weighted by molar-refractivity contribution is -0.138. The van der Waals surface area contributed by atoms with Gasteiger partial charge < -0.3 is 9.84 Å². The Morgan fingerprint density at radius 3 is 2.22 bits per heavy atom. The van der Waals surface area contributed by atoms with Crippen molar-refractivity contribution in [1.29, 1.82) is 0 Å². The molecular weight excluding hydrogens is 444 g/mol. The monoisotopic (exact) mass is 482 g/mol. The van der Waals surface area contributed by atoms with Gasteiger partial charge in [0.15, 0.2) is 0 Å². The minimum absolute atomic E-state index is 0.0885. The molecule has 36 heavy (non-hydrogen) atoms. The Bertz CT molecular complexity index is 1200. The van der Waals surface area contributed by atoms with Gasteiger partial charge in [-0.2, -0.15) is 0 Å². The fourth-order valence-electron chi connectivity index (χ4n) is 5.32. The lowest BCUT2D eigenvalue weighted by Crippen LogP contribution is -2.09. The van der Waals surface area contributed by atoms with Gasteiger partial charge in [0, 0.05) is 18.6 Å². The van der Waals surface area contributed by atoms with Crippen LogP contribution in [0.1, 0.15) is 67.2 Å². The standard InChI is InChI=1S/C33H38O3/c1-23(2)33(35)36-20-18-31-22-30(14-11-27(31)17-19-34)29-15-16-32(24(3)21-29)28-12-9-26(10-13-28)25-7-5-4-6-8-25/h9-16,21-22,25,34H,1,4-8,17-20H2,2-3H3. The predicted molar refractivity (Wildman–Crippen MR) is 148 cm³/mol. The number of hydrogen-bond donors (Lipinski definition) is 1. The topological polar surface area (TPSA) is 46.5 Å². The smallest absolute Gasteiger partial charge is 0.333 e. The first-order valence-corrected chi connectivity index (χ1v) is 13.2. The second kappa shape index (κ2) is 12.2. The van der Waals surface area contributed by atoms with Crippen LogP contribution in [0.4, 0.5) is 0 Å². The van der Waals surface area contributed by atoms with E-state index in [2.05, 4.69) is 74.2 Å². The number of aliphatic hydroxyl groups is 1. The Kier molecular flexibility index (Phi) is 8.77. The largest absolute Gasteiger partial charge is 0.462 e. The lowest BCUT2D eigenvalue weighted by atomic mass is 9.83. The Balaban J connectivity index is 1.52. The zero-order chi connectivity index (χ0) is 25.5. The molecule has 3 nitrogen and oxygen atoms in total. The summed E-state index contributed by atoms with van der Waals surface area (Å²) in [7, 11) is 0. The van der Waals surface area contributed by atoms with Crippen molar-refractivity contribution in [3.63, 3.8) is 0 Å². The van der Waals surface area contributed by atoms with Crippen molar-refractivity contribution < 1.29 is 14.6 Å². The Labute approximate surface area is 215 Å². The molecule has 0 amide bonds. The zero-order valence-corrected chi connectivity index (χ0v) is 21.7. The number of ether oxygens (including phenoxy) is 1. The Morgan fingerprint density at radius 1 is 0.889 bits per heavy atom. The van der Waals surface area contributed by atoms with E-state index in [1.807, 2.05) is 0 Å². The molecule has 0 aromatic heterocycles. The minimum atomic E-state index is -0.368. The van der Waals surface area contributed by atoms with Gasteiger partial charge in [0.05, 0.1) is 6.61 Å². The van der Waals surface area contributed by atoms with Crippen molar-refractivity contribution in [2.75, 3.05) is 13.2 Å². The fraction of sp³-hybridized carbons (Fsp3) is 0.364. The maximum atomic E-state index is 11.8. The van der Waals surface area contributed by atoms with E-state index in [0.717, 1.165) is 28.2 Å². The summed E-state index contributed by atoms with van der Waals surface area (Å²) in [6, 6.07) is 22.2. The van der Waals surface area contributed by atoms with E-state index in [-0.39, 0.29) is 12.6 Å². The molecule has 3 aromatic rings. The quantitative estimate of drug-likeness (QED) is 0.253. The average molecular weight is 483 g/mol. The minimum Gasteiger partial charge on any atom is -0.462 e. The van der Waals surface area contributed by atoms with Gasteiger partial charge in [0.2, 0.25) is 0 Å². The predicted octanol–water partition coefficient (Wildman–Crippen LogP) is 7.57. The Morgan fingerprint density at radius 2 is 1.56 bits per heavy atom. The van der Waals surface area contributed by atoms with Gasteiger partial charge in [-0.3, -0.25) is 0 Å². The van der Waals surface area contributed by atoms with Crippen LogP contribution in [-0.4, -0.2) is 24.3 Å². The number of aliphatic hydroxyl groups excluding tert-OH is 1. The van der Waals surface area contributed by atoms with Crippen molar-refractivity contribution in [3.05, 3.63) is 95.1 Å². The maximum absolute atomic E-state index is 11.8. The maximum Gasteiger partial charge on any atom is 0.333 e. The molecule has 3 heteroatoms. The van der Waals surface area contributed by atoms with Gasteiger partial charge in [0.25, 0.3) is 0 Å². The van der Waals surface area contributed by atoms with E-state index in [0.29, 0.717) is 25.0 Å². The van der Waals surface area contributed by atoms with Crippen molar-refractivity contribution in [3.8, 4) is 22.3 Å². The molecule has 0 bridgehead atoms. The van der Waals surface area contributed by atoms with E-state index in [4.69, 9.17) is 4.74 Å². The summed E-state index contributed by atoms with van der Waals surface area (Å²) in [6.07, 6.45) is 7.93. The highest BCUT2D eigenvalue weighted by Gasteiger charge is 2.16. The van der Waals surface area contributed by atoms with Crippen LogP contribution in [0.3, 0.4) is 0 Å². The van der Waals surface area contributed by atoms with Crippen LogP contribution in [0.25, 0.3) is 22.3 Å². The first-order chi connectivity index (χ1) is 17.5. The third-order valence-corrected chi connectivity index (χ3v) is 7.40. The molecule has 0 saturated heterocycles. The van der Waals surface area contributed by atoms with E-state index < -0.39 is 0 Å². The van der Waals surface area contributed by atoms with E-state index in [9.17, 15) is 9.90 Å². The number of rotatable bonds is 9. The number of aryl methyl sites for hydroxylation is 1. The summed E-state index contributed by atoms with van der Waals surface area (Å²) in [5.41, 5.74) is 10.1. The normalized spacial score (nSPS) is 14.0. The molecule has 3 aromatic carbocycles. The van der Waals surface area contributed by atoms with Gasteiger partial charge in [-0.1, -0.05) is 86.5 Å². The van der Waals surface area contributed by atoms with Crippen LogP contribution < -0.4 is 0 Å². The van der Waals surface area contributed by atoms with Crippen LogP contribution in [0.5, 0.6) is 0 Å². The molecule has 0 atom stereocenters. The number of carbonyl (C=O) groups excluding carboxylic acids is 1. The van der Waals surface area contributed by atoms with E-state index in [1.165, 1.54) is 54.4 Å². The van der Waals surface area contributed by atoms with Crippen molar-refractivity contribution in [1.82, 2.24) is 0 Å². The van der Waals surface area contributed by atoms with Crippen molar-refractivity contribution >= 4 is 5.97 Å². The van der Waals surface area contributed by atoms with Crippen molar-refractivity contribution in [2.24, 2.45) is 0 Å². The van der Waals surface area contributed by atoms with Crippen LogP contribution in [-0.2, 0) is 22.4 Å². The number of hydrogen-bond acceptors (Lipinski definition) is 3. The average Bonchev–Trinajstić information content (AvgIpc) is 2.90. The van der Waals surface area contributed by atoms with Crippen LogP contribution >= 0.6 is 0 Å². The van der Waals surface area contributed by atoms with Gasteiger partial charge in [-0.25, -0.2) is 4.79 Å². The first-order valence-electron chi connectivity index (χ1n) is 13.2. The van der Waals surface area contributed by atoms with Crippen LogP contribution in [0.2, 0.25) is 0 Å². The highest BCUT2D eigenvalue weighted by Crippen LogP contribution is 2.35. The summed E-state index contributed by atoms with van der Waals surface area (Å²) in [6.45, 7) is 7.84. The molecule has 1 aliphatic rings. The molecule has 0 aliphatic heterocycles. The van der Waals surface area contributed by atoms with Crippen molar-refractivity contribution in [2.45, 2.75) is 64.7 Å². The Hall–Kier alpha value is -3.17. The second-order valence-electron chi connectivity index (χ2n) is 10.1. The van der Waals surface area contributed by atoms with Gasteiger partial charge in [0.1, 0.15) is 0 Å². The molecule has 1 N–H and O–H groups in total. The second-order valence-corrected chi connectivity index (χ2v) is 10.1. The van der Waals surface area contributed by atoms with Gasteiger partial charge in [-0.15, -0.1) is 0 Å². The zero-order valence-electron chi connectivity index (χ0n) is 21.7. The molecule has 4 rings (SSSR count). The molecule has 0 radical (unpaired) electrons. The lowest BCUT2D eigenvalue weighted by Gasteiger charge is -2.22. The molecule has 0 heterocycles. The SMILES string of the molecule is C=C(C)C(=O)OCCc1cc(-c2ccc(-c3ccc(C4CCCCC4)cc3)c(C)c2)ccc1CCO. The summed E-state index contributed by atoms with van der Waals surface area (Å²) in [5.74, 6) is 0.358. The number of benzene rings is 3. The summed E-state index contributed by atoms with van der Waals surface area (Å²) in [4.78, 5) is 11.8. The van der Waals surface area contributed by atoms with Gasteiger partial charge >= 0.3 is 5.97 Å². The molecular formula is C33H38O3.